The quantitative estimate of drug-likeness (QED) is 0.543. The SMILES string of the molecule is CCN1C(=O)c2ccccc2N2C(=O)CC[C@]12C(=O)OCCOc1ccccc1C. The molecule has 7 nitrogen and oxygen atoms in total. The number of amides is 2. The lowest BCUT2D eigenvalue weighted by atomic mass is 9.96. The second kappa shape index (κ2) is 7.82. The van der Waals surface area contributed by atoms with Gasteiger partial charge in [-0.15, -0.1) is 0 Å². The summed E-state index contributed by atoms with van der Waals surface area (Å²) in [6.45, 7) is 4.21. The van der Waals surface area contributed by atoms with Crippen LogP contribution in [0, 0.1) is 6.92 Å². The van der Waals surface area contributed by atoms with Gasteiger partial charge in [-0.25, -0.2) is 4.79 Å². The van der Waals surface area contributed by atoms with Crippen molar-refractivity contribution in [3.05, 3.63) is 59.7 Å². The predicted octanol–water partition coefficient (Wildman–Crippen LogP) is 2.92. The van der Waals surface area contributed by atoms with Crippen molar-refractivity contribution < 1.29 is 23.9 Å². The molecule has 0 aliphatic carbocycles. The lowest BCUT2D eigenvalue weighted by molar-refractivity contribution is -0.157. The molecule has 0 aromatic heterocycles. The molecule has 0 saturated carbocycles. The molecule has 2 aromatic rings. The highest BCUT2D eigenvalue weighted by atomic mass is 16.6. The fourth-order valence-electron chi connectivity index (χ4n) is 4.29. The molecule has 4 rings (SSSR count). The fraction of sp³-hybridized carbons (Fsp3) is 0.348. The fourth-order valence-corrected chi connectivity index (χ4v) is 4.29. The number of hydrogen-bond donors (Lipinski definition) is 0. The molecule has 0 unspecified atom stereocenters. The molecule has 2 heterocycles. The van der Waals surface area contributed by atoms with Gasteiger partial charge in [0, 0.05) is 19.4 Å². The molecule has 2 aliphatic rings. The number of hydrogen-bond acceptors (Lipinski definition) is 5. The summed E-state index contributed by atoms with van der Waals surface area (Å²) in [5.41, 5.74) is 0.422. The number of nitrogens with zero attached hydrogens (tertiary/aromatic N) is 2. The lowest BCUT2D eigenvalue weighted by Gasteiger charge is -2.48. The average Bonchev–Trinajstić information content (AvgIpc) is 3.11. The number of esters is 1. The Morgan fingerprint density at radius 1 is 1.07 bits per heavy atom. The number of para-hydroxylation sites is 2. The van der Waals surface area contributed by atoms with E-state index in [9.17, 15) is 14.4 Å². The van der Waals surface area contributed by atoms with Gasteiger partial charge >= 0.3 is 5.97 Å². The van der Waals surface area contributed by atoms with E-state index in [2.05, 4.69) is 0 Å². The summed E-state index contributed by atoms with van der Waals surface area (Å²) in [4.78, 5) is 42.0. The zero-order chi connectivity index (χ0) is 21.3. The number of carbonyl (C=O) groups is 3. The summed E-state index contributed by atoms with van der Waals surface area (Å²) in [5.74, 6) is -0.346. The van der Waals surface area contributed by atoms with Crippen LogP contribution in [0.3, 0.4) is 0 Å². The van der Waals surface area contributed by atoms with E-state index in [1.54, 1.807) is 31.2 Å². The Morgan fingerprint density at radius 3 is 2.57 bits per heavy atom. The van der Waals surface area contributed by atoms with Crippen LogP contribution in [0.4, 0.5) is 5.69 Å². The van der Waals surface area contributed by atoms with Gasteiger partial charge in [0.1, 0.15) is 19.0 Å². The number of ether oxygens (including phenoxy) is 2. The maximum absolute atomic E-state index is 13.3. The maximum Gasteiger partial charge on any atom is 0.353 e. The van der Waals surface area contributed by atoms with Crippen molar-refractivity contribution in [2.75, 3.05) is 24.7 Å². The molecular formula is C23H24N2O5. The van der Waals surface area contributed by atoms with Crippen molar-refractivity contribution in [2.45, 2.75) is 32.4 Å². The molecule has 0 radical (unpaired) electrons. The van der Waals surface area contributed by atoms with E-state index in [1.165, 1.54) is 9.80 Å². The van der Waals surface area contributed by atoms with Gasteiger partial charge in [-0.1, -0.05) is 30.3 Å². The average molecular weight is 408 g/mol. The molecule has 156 valence electrons. The van der Waals surface area contributed by atoms with E-state index in [-0.39, 0.29) is 44.4 Å². The Labute approximate surface area is 175 Å². The van der Waals surface area contributed by atoms with Crippen molar-refractivity contribution in [1.29, 1.82) is 0 Å². The predicted molar refractivity (Wildman–Crippen MR) is 110 cm³/mol. The second-order valence-electron chi connectivity index (χ2n) is 7.36. The third kappa shape index (κ3) is 3.01. The van der Waals surface area contributed by atoms with Crippen molar-refractivity contribution in [1.82, 2.24) is 4.90 Å². The molecule has 0 N–H and O–H groups in total. The number of carbonyl (C=O) groups excluding carboxylic acids is 3. The van der Waals surface area contributed by atoms with E-state index in [0.29, 0.717) is 11.3 Å². The number of anilines is 1. The molecule has 0 bridgehead atoms. The summed E-state index contributed by atoms with van der Waals surface area (Å²) in [6.07, 6.45) is 0.379. The minimum Gasteiger partial charge on any atom is -0.490 e. The summed E-state index contributed by atoms with van der Waals surface area (Å²) >= 11 is 0. The van der Waals surface area contributed by atoms with Gasteiger partial charge in [0.15, 0.2) is 0 Å². The van der Waals surface area contributed by atoms with Crippen LogP contribution in [0.15, 0.2) is 48.5 Å². The monoisotopic (exact) mass is 408 g/mol. The van der Waals surface area contributed by atoms with Crippen molar-refractivity contribution in [3.63, 3.8) is 0 Å². The van der Waals surface area contributed by atoms with Crippen molar-refractivity contribution in [2.24, 2.45) is 0 Å². The van der Waals surface area contributed by atoms with Gasteiger partial charge in [-0.05, 0) is 37.6 Å². The van der Waals surface area contributed by atoms with Gasteiger partial charge in [-0.3, -0.25) is 14.5 Å². The maximum atomic E-state index is 13.3. The Balaban J connectivity index is 1.56. The van der Waals surface area contributed by atoms with Crippen molar-refractivity contribution in [3.8, 4) is 5.75 Å². The zero-order valence-electron chi connectivity index (χ0n) is 17.1. The Hall–Kier alpha value is -3.35. The number of benzene rings is 2. The van der Waals surface area contributed by atoms with Crippen LogP contribution >= 0.6 is 0 Å². The molecule has 2 aliphatic heterocycles. The normalized spacial score (nSPS) is 20.1. The smallest absolute Gasteiger partial charge is 0.353 e. The van der Waals surface area contributed by atoms with Crippen LogP contribution in [0.25, 0.3) is 0 Å². The molecule has 2 aromatic carbocycles. The molecular weight excluding hydrogens is 384 g/mol. The molecule has 1 saturated heterocycles. The van der Waals surface area contributed by atoms with Gasteiger partial charge in [-0.2, -0.15) is 0 Å². The van der Waals surface area contributed by atoms with Gasteiger partial charge < -0.3 is 14.4 Å². The Morgan fingerprint density at radius 2 is 1.80 bits per heavy atom. The number of rotatable bonds is 6. The van der Waals surface area contributed by atoms with Crippen LogP contribution in [0.5, 0.6) is 5.75 Å². The van der Waals surface area contributed by atoms with Crippen LogP contribution in [0.1, 0.15) is 35.7 Å². The zero-order valence-corrected chi connectivity index (χ0v) is 17.1. The molecule has 2 amide bonds. The standard InChI is InChI=1S/C23H24N2O5/c1-3-24-21(27)17-9-5-6-10-18(17)25-20(26)12-13-23(24,25)22(28)30-15-14-29-19-11-7-4-8-16(19)2/h4-11H,3,12-15H2,1-2H3/t23-/m0/s1. The van der Waals surface area contributed by atoms with E-state index >= 15 is 0 Å². The van der Waals surface area contributed by atoms with E-state index in [1.807, 2.05) is 31.2 Å². The van der Waals surface area contributed by atoms with Gasteiger partial charge in [0.05, 0.1) is 11.3 Å². The molecule has 1 fully saturated rings. The van der Waals surface area contributed by atoms with Gasteiger partial charge in [0.25, 0.3) is 5.91 Å². The van der Waals surface area contributed by atoms with Crippen LogP contribution in [-0.2, 0) is 14.3 Å². The van der Waals surface area contributed by atoms with E-state index < -0.39 is 11.6 Å². The first-order valence-electron chi connectivity index (χ1n) is 10.1. The first-order chi connectivity index (χ1) is 14.5. The highest BCUT2D eigenvalue weighted by Gasteiger charge is 2.61. The summed E-state index contributed by atoms with van der Waals surface area (Å²) < 4.78 is 11.2. The molecule has 1 atom stereocenters. The largest absolute Gasteiger partial charge is 0.490 e. The summed E-state index contributed by atoms with van der Waals surface area (Å²) in [6, 6.07) is 14.5. The molecule has 0 spiro atoms. The van der Waals surface area contributed by atoms with E-state index in [0.717, 1.165) is 11.3 Å². The van der Waals surface area contributed by atoms with Crippen molar-refractivity contribution >= 4 is 23.5 Å². The third-order valence-corrected chi connectivity index (χ3v) is 5.68. The van der Waals surface area contributed by atoms with Crippen LogP contribution < -0.4 is 9.64 Å². The van der Waals surface area contributed by atoms with Gasteiger partial charge in [0.2, 0.25) is 11.6 Å². The topological polar surface area (TPSA) is 76.2 Å². The second-order valence-corrected chi connectivity index (χ2v) is 7.36. The number of fused-ring (bicyclic) bond motifs is 3. The third-order valence-electron chi connectivity index (χ3n) is 5.68. The Bertz CT molecular complexity index is 1000. The van der Waals surface area contributed by atoms with Crippen LogP contribution in [-0.4, -0.2) is 48.1 Å². The summed E-state index contributed by atoms with van der Waals surface area (Å²) in [7, 11) is 0. The Kier molecular flexibility index (Phi) is 5.20. The molecule has 7 heteroatoms. The highest BCUT2D eigenvalue weighted by molar-refractivity contribution is 6.15. The highest BCUT2D eigenvalue weighted by Crippen LogP contribution is 2.44. The first-order valence-corrected chi connectivity index (χ1v) is 10.1. The minimum atomic E-state index is -1.44. The summed E-state index contributed by atoms with van der Waals surface area (Å²) in [5, 5.41) is 0. The van der Waals surface area contributed by atoms with Crippen LogP contribution in [0.2, 0.25) is 0 Å². The molecule has 30 heavy (non-hydrogen) atoms. The lowest BCUT2D eigenvalue weighted by Crippen LogP contribution is -2.68. The minimum absolute atomic E-state index is 0.0182. The van der Waals surface area contributed by atoms with E-state index in [4.69, 9.17) is 9.47 Å². The number of likely N-dealkylation sites (N-methyl/N-ethyl adjacent to an activating group) is 1. The first kappa shape index (κ1) is 19.9. The number of aryl methyl sites for hydroxylation is 1.